The molecule has 0 bridgehead atoms. The highest BCUT2D eigenvalue weighted by Gasteiger charge is 2.07. The van der Waals surface area contributed by atoms with Gasteiger partial charge in [0.2, 0.25) is 5.88 Å². The highest BCUT2D eigenvalue weighted by Crippen LogP contribution is 2.22. The Labute approximate surface area is 120 Å². The summed E-state index contributed by atoms with van der Waals surface area (Å²) in [6.07, 6.45) is 0.879. The summed E-state index contributed by atoms with van der Waals surface area (Å²) in [5, 5.41) is 0. The van der Waals surface area contributed by atoms with Gasteiger partial charge in [0, 0.05) is 17.7 Å². The number of ether oxygens (including phenoxy) is 1. The highest BCUT2D eigenvalue weighted by molar-refractivity contribution is 5.31. The Bertz CT molecular complexity index is 564. The Morgan fingerprint density at radius 1 is 1.15 bits per heavy atom. The first-order chi connectivity index (χ1) is 9.58. The Morgan fingerprint density at radius 2 is 1.85 bits per heavy atom. The molecule has 0 saturated carbocycles. The van der Waals surface area contributed by atoms with Crippen molar-refractivity contribution in [2.75, 3.05) is 6.54 Å². The van der Waals surface area contributed by atoms with Gasteiger partial charge in [-0.1, -0.05) is 26.0 Å². The van der Waals surface area contributed by atoms with E-state index < -0.39 is 0 Å². The van der Waals surface area contributed by atoms with Gasteiger partial charge in [0.1, 0.15) is 11.6 Å². The highest BCUT2D eigenvalue weighted by atomic mass is 16.5. The van der Waals surface area contributed by atoms with Crippen molar-refractivity contribution >= 4 is 0 Å². The van der Waals surface area contributed by atoms with Crippen LogP contribution in [0.5, 0.6) is 11.6 Å². The molecular formula is C16H21N3O. The molecule has 0 unspecified atom stereocenters. The quantitative estimate of drug-likeness (QED) is 0.907. The topological polar surface area (TPSA) is 61.0 Å². The zero-order chi connectivity index (χ0) is 14.5. The minimum absolute atomic E-state index is 0.282. The first-order valence-electron chi connectivity index (χ1n) is 6.91. The molecule has 0 atom stereocenters. The molecule has 4 heteroatoms. The van der Waals surface area contributed by atoms with E-state index in [9.17, 15) is 0 Å². The van der Waals surface area contributed by atoms with Gasteiger partial charge in [-0.3, -0.25) is 0 Å². The fraction of sp³-hybridized carbons (Fsp3) is 0.375. The molecule has 2 aromatic rings. The maximum absolute atomic E-state index is 5.80. The van der Waals surface area contributed by atoms with Crippen LogP contribution in [0.25, 0.3) is 0 Å². The van der Waals surface area contributed by atoms with Gasteiger partial charge in [0.05, 0.1) is 0 Å². The molecule has 20 heavy (non-hydrogen) atoms. The Kier molecular flexibility index (Phi) is 4.69. The van der Waals surface area contributed by atoms with Crippen molar-refractivity contribution in [3.63, 3.8) is 0 Å². The van der Waals surface area contributed by atoms with E-state index in [1.54, 1.807) is 0 Å². The first kappa shape index (κ1) is 14.5. The molecule has 0 radical (unpaired) electrons. The van der Waals surface area contributed by atoms with E-state index in [0.29, 0.717) is 12.4 Å². The smallest absolute Gasteiger partial charge is 0.222 e. The number of benzene rings is 1. The number of hydrogen-bond acceptors (Lipinski definition) is 4. The van der Waals surface area contributed by atoms with Crippen LogP contribution in [0, 0.1) is 6.92 Å². The summed E-state index contributed by atoms with van der Waals surface area (Å²) in [6.45, 7) is 6.74. The van der Waals surface area contributed by atoms with E-state index in [1.165, 1.54) is 5.56 Å². The van der Waals surface area contributed by atoms with Gasteiger partial charge < -0.3 is 10.5 Å². The van der Waals surface area contributed by atoms with Crippen LogP contribution in [0.15, 0.2) is 30.3 Å². The predicted octanol–water partition coefficient (Wildman–Crippen LogP) is 3.20. The Balaban J connectivity index is 2.16. The molecular weight excluding hydrogens is 250 g/mol. The van der Waals surface area contributed by atoms with Crippen molar-refractivity contribution < 1.29 is 4.74 Å². The molecule has 1 heterocycles. The number of nitrogens with two attached hydrogens (primary N) is 1. The number of rotatable bonds is 5. The van der Waals surface area contributed by atoms with Crippen LogP contribution in [-0.2, 0) is 6.42 Å². The molecule has 1 aromatic carbocycles. The molecule has 106 valence electrons. The second-order valence-electron chi connectivity index (χ2n) is 5.15. The largest absolute Gasteiger partial charge is 0.439 e. The van der Waals surface area contributed by atoms with Crippen LogP contribution in [0.2, 0.25) is 0 Å². The van der Waals surface area contributed by atoms with Crippen molar-refractivity contribution in [3.8, 4) is 11.6 Å². The van der Waals surface area contributed by atoms with E-state index in [2.05, 4.69) is 23.8 Å². The molecule has 1 aromatic heterocycles. The summed E-state index contributed by atoms with van der Waals surface area (Å²) in [7, 11) is 0. The van der Waals surface area contributed by atoms with Crippen LogP contribution in [0.1, 0.15) is 36.8 Å². The number of aromatic nitrogens is 2. The average Bonchev–Trinajstić information content (AvgIpc) is 2.40. The fourth-order valence-electron chi connectivity index (χ4n) is 1.88. The SMILES string of the molecule is Cc1cc(Oc2ccc(CCN)cc2)nc(C(C)C)n1. The summed E-state index contributed by atoms with van der Waals surface area (Å²) < 4.78 is 5.80. The van der Waals surface area contributed by atoms with Crippen molar-refractivity contribution in [1.29, 1.82) is 0 Å². The molecule has 4 nitrogen and oxygen atoms in total. The van der Waals surface area contributed by atoms with Crippen molar-refractivity contribution in [2.24, 2.45) is 5.73 Å². The Morgan fingerprint density at radius 3 is 2.45 bits per heavy atom. The van der Waals surface area contributed by atoms with Crippen LogP contribution < -0.4 is 10.5 Å². The molecule has 2 N–H and O–H groups in total. The Hall–Kier alpha value is -1.94. The van der Waals surface area contributed by atoms with E-state index in [0.717, 1.165) is 23.7 Å². The van der Waals surface area contributed by atoms with Crippen molar-refractivity contribution in [1.82, 2.24) is 9.97 Å². The number of hydrogen-bond donors (Lipinski definition) is 1. The molecule has 0 aliphatic rings. The second kappa shape index (κ2) is 6.48. The molecule has 0 aliphatic carbocycles. The number of nitrogens with zero attached hydrogens (tertiary/aromatic N) is 2. The van der Waals surface area contributed by atoms with Gasteiger partial charge in [-0.05, 0) is 37.6 Å². The third-order valence-corrected chi connectivity index (χ3v) is 2.94. The fourth-order valence-corrected chi connectivity index (χ4v) is 1.88. The zero-order valence-corrected chi connectivity index (χ0v) is 12.3. The molecule has 0 fully saturated rings. The van der Waals surface area contributed by atoms with Crippen LogP contribution in [-0.4, -0.2) is 16.5 Å². The van der Waals surface area contributed by atoms with Crippen LogP contribution in [0.4, 0.5) is 0 Å². The lowest BCUT2D eigenvalue weighted by atomic mass is 10.1. The van der Waals surface area contributed by atoms with E-state index in [4.69, 9.17) is 10.5 Å². The van der Waals surface area contributed by atoms with Crippen LogP contribution in [0.3, 0.4) is 0 Å². The van der Waals surface area contributed by atoms with Crippen LogP contribution >= 0.6 is 0 Å². The van der Waals surface area contributed by atoms with Gasteiger partial charge in [-0.25, -0.2) is 4.98 Å². The van der Waals surface area contributed by atoms with Gasteiger partial charge in [0.15, 0.2) is 0 Å². The normalized spacial score (nSPS) is 10.8. The summed E-state index contributed by atoms with van der Waals surface area (Å²) in [6, 6.07) is 9.79. The van der Waals surface area contributed by atoms with E-state index in [1.807, 2.05) is 37.3 Å². The van der Waals surface area contributed by atoms with Gasteiger partial charge in [-0.2, -0.15) is 4.98 Å². The third kappa shape index (κ3) is 3.78. The molecule has 0 amide bonds. The molecule has 0 aliphatic heterocycles. The summed E-state index contributed by atoms with van der Waals surface area (Å²) >= 11 is 0. The second-order valence-corrected chi connectivity index (χ2v) is 5.15. The lowest BCUT2D eigenvalue weighted by Crippen LogP contribution is -2.02. The number of aryl methyl sites for hydroxylation is 1. The van der Waals surface area contributed by atoms with Gasteiger partial charge in [0.25, 0.3) is 0 Å². The standard InChI is InChI=1S/C16H21N3O/c1-11(2)16-18-12(3)10-15(19-16)20-14-6-4-13(5-7-14)8-9-17/h4-7,10-11H,8-9,17H2,1-3H3. The third-order valence-electron chi connectivity index (χ3n) is 2.94. The minimum Gasteiger partial charge on any atom is -0.439 e. The maximum Gasteiger partial charge on any atom is 0.222 e. The summed E-state index contributed by atoms with van der Waals surface area (Å²) in [5.41, 5.74) is 7.66. The average molecular weight is 271 g/mol. The molecule has 2 rings (SSSR count). The molecule has 0 spiro atoms. The summed E-state index contributed by atoms with van der Waals surface area (Å²) in [4.78, 5) is 8.84. The minimum atomic E-state index is 0.282. The lowest BCUT2D eigenvalue weighted by molar-refractivity contribution is 0.455. The predicted molar refractivity (Wildman–Crippen MR) is 80.1 cm³/mol. The zero-order valence-electron chi connectivity index (χ0n) is 12.3. The van der Waals surface area contributed by atoms with Crippen molar-refractivity contribution in [2.45, 2.75) is 33.1 Å². The lowest BCUT2D eigenvalue weighted by Gasteiger charge is -2.10. The first-order valence-corrected chi connectivity index (χ1v) is 6.91. The van der Waals surface area contributed by atoms with E-state index in [-0.39, 0.29) is 5.92 Å². The van der Waals surface area contributed by atoms with Crippen molar-refractivity contribution in [3.05, 3.63) is 47.4 Å². The van der Waals surface area contributed by atoms with E-state index >= 15 is 0 Å². The maximum atomic E-state index is 5.80. The van der Waals surface area contributed by atoms with Gasteiger partial charge in [-0.15, -0.1) is 0 Å². The van der Waals surface area contributed by atoms with Gasteiger partial charge >= 0.3 is 0 Å². The summed E-state index contributed by atoms with van der Waals surface area (Å²) in [5.74, 6) is 2.45. The molecule has 0 saturated heterocycles. The monoisotopic (exact) mass is 271 g/mol.